The molecular weight excluding hydrogens is 818 g/mol. The molecule has 0 atom stereocenters. The Morgan fingerprint density at radius 1 is 0.615 bits per heavy atom. The van der Waals surface area contributed by atoms with Crippen LogP contribution in [0.1, 0.15) is 58.2 Å². The molecular formula is C47H39N3OPt. The summed E-state index contributed by atoms with van der Waals surface area (Å²) in [6.07, 6.45) is 3.62. The molecule has 9 rings (SSSR count). The number of aromatic nitrogens is 3. The van der Waals surface area contributed by atoms with E-state index < -0.39 is 0 Å². The Balaban J connectivity index is 0.00000387. The van der Waals surface area contributed by atoms with Gasteiger partial charge in [0.15, 0.2) is 0 Å². The zero-order valence-corrected chi connectivity index (χ0v) is 32.7. The summed E-state index contributed by atoms with van der Waals surface area (Å²) in [6, 6.07) is 42.1. The minimum Gasteiger partial charge on any atom is -0.427 e. The van der Waals surface area contributed by atoms with Crippen molar-refractivity contribution in [2.75, 3.05) is 0 Å². The molecule has 0 radical (unpaired) electrons. The molecule has 4 nitrogen and oxygen atoms in total. The smallest absolute Gasteiger partial charge is 0.427 e. The maximum atomic E-state index is 6.76. The predicted octanol–water partition coefficient (Wildman–Crippen LogP) is 12.4. The second-order valence-electron chi connectivity index (χ2n) is 15.9. The summed E-state index contributed by atoms with van der Waals surface area (Å²) in [5.74, 6) is 0.995. The molecule has 0 unspecified atom stereocenters. The van der Waals surface area contributed by atoms with Crippen molar-refractivity contribution in [3.8, 4) is 34.1 Å². The molecule has 258 valence electrons. The molecule has 4 heterocycles. The number of ether oxygens (including phenoxy) is 1. The van der Waals surface area contributed by atoms with E-state index in [4.69, 9.17) is 14.7 Å². The molecule has 0 saturated carbocycles. The minimum atomic E-state index is -0.140. The molecule has 0 amide bonds. The normalized spacial score (nSPS) is 12.4. The van der Waals surface area contributed by atoms with E-state index in [1.165, 1.54) is 32.5 Å². The van der Waals surface area contributed by atoms with E-state index in [9.17, 15) is 0 Å². The molecule has 0 aliphatic carbocycles. The maximum Gasteiger partial charge on any atom is 2.00 e. The first-order valence-electron chi connectivity index (χ1n) is 17.7. The summed E-state index contributed by atoms with van der Waals surface area (Å²) in [6.45, 7) is 15.6. The molecule has 4 aromatic heterocycles. The molecule has 0 aliphatic heterocycles. The van der Waals surface area contributed by atoms with Crippen molar-refractivity contribution in [2.45, 2.75) is 59.3 Å². The molecule has 0 fully saturated rings. The van der Waals surface area contributed by atoms with Crippen LogP contribution in [0.25, 0.3) is 71.3 Å². The largest absolute Gasteiger partial charge is 2.00 e. The van der Waals surface area contributed by atoms with E-state index in [2.05, 4.69) is 156 Å². The van der Waals surface area contributed by atoms with E-state index in [1.807, 2.05) is 18.2 Å². The summed E-state index contributed by atoms with van der Waals surface area (Å²) >= 11 is 0. The van der Waals surface area contributed by atoms with E-state index in [1.54, 1.807) is 0 Å². The maximum absolute atomic E-state index is 6.76. The van der Waals surface area contributed by atoms with E-state index in [-0.39, 0.29) is 31.9 Å². The number of rotatable bonds is 4. The number of benzene rings is 5. The second-order valence-corrected chi connectivity index (χ2v) is 15.9. The monoisotopic (exact) mass is 856 g/mol. The van der Waals surface area contributed by atoms with Crippen molar-refractivity contribution in [1.82, 2.24) is 14.4 Å². The fourth-order valence-corrected chi connectivity index (χ4v) is 7.44. The van der Waals surface area contributed by atoms with Crippen molar-refractivity contribution < 1.29 is 25.8 Å². The third-order valence-electron chi connectivity index (χ3n) is 10.3. The quantitative estimate of drug-likeness (QED) is 0.101. The number of nitrogens with zero attached hydrogens (tertiary/aromatic N) is 3. The van der Waals surface area contributed by atoms with Crippen LogP contribution < -0.4 is 4.74 Å². The Labute approximate surface area is 319 Å². The van der Waals surface area contributed by atoms with Crippen molar-refractivity contribution in [3.63, 3.8) is 0 Å². The van der Waals surface area contributed by atoms with E-state index in [0.717, 1.165) is 55.4 Å². The van der Waals surface area contributed by atoms with Crippen molar-refractivity contribution in [3.05, 3.63) is 138 Å². The average molecular weight is 857 g/mol. The zero-order chi connectivity index (χ0) is 35.2. The van der Waals surface area contributed by atoms with Gasteiger partial charge in [0.05, 0.1) is 5.65 Å². The van der Waals surface area contributed by atoms with Crippen molar-refractivity contribution in [1.29, 1.82) is 0 Å². The van der Waals surface area contributed by atoms with Gasteiger partial charge < -0.3 is 9.14 Å². The van der Waals surface area contributed by atoms with Crippen molar-refractivity contribution >= 4 is 48.9 Å². The van der Waals surface area contributed by atoms with Gasteiger partial charge in [0.1, 0.15) is 0 Å². The number of fused-ring (bicyclic) bond motifs is 4. The number of hydrogen-bond acceptors (Lipinski definition) is 3. The summed E-state index contributed by atoms with van der Waals surface area (Å²) in [7, 11) is 0. The Kier molecular flexibility index (Phi) is 8.04. The number of pyridine rings is 3. The van der Waals surface area contributed by atoms with Gasteiger partial charge in [0, 0.05) is 12.1 Å². The molecule has 0 saturated heterocycles. The third-order valence-corrected chi connectivity index (χ3v) is 10.3. The Morgan fingerprint density at radius 3 is 2.12 bits per heavy atom. The Hall–Kier alpha value is -5.05. The van der Waals surface area contributed by atoms with Gasteiger partial charge in [-0.25, -0.2) is 4.98 Å². The zero-order valence-electron chi connectivity index (χ0n) is 30.5. The summed E-state index contributed by atoms with van der Waals surface area (Å²) in [5.41, 5.74) is 9.35. The molecule has 5 aromatic carbocycles. The Bertz CT molecular complexity index is 2800. The fourth-order valence-electron chi connectivity index (χ4n) is 7.44. The second kappa shape index (κ2) is 12.3. The minimum absolute atomic E-state index is 0. The van der Waals surface area contributed by atoms with Crippen LogP contribution in [-0.4, -0.2) is 14.4 Å². The molecule has 0 aliphatic rings. The number of para-hydroxylation sites is 1. The molecule has 0 spiro atoms. The van der Waals surface area contributed by atoms with Gasteiger partial charge in [0.25, 0.3) is 0 Å². The molecule has 5 heteroatoms. The van der Waals surface area contributed by atoms with Crippen LogP contribution in [0.3, 0.4) is 0 Å². The predicted molar refractivity (Wildman–Crippen MR) is 211 cm³/mol. The first-order chi connectivity index (χ1) is 24.4. The van der Waals surface area contributed by atoms with Gasteiger partial charge in [-0.05, 0) is 71.6 Å². The van der Waals surface area contributed by atoms with Gasteiger partial charge in [-0.1, -0.05) is 127 Å². The van der Waals surface area contributed by atoms with Gasteiger partial charge in [-0.3, -0.25) is 4.98 Å². The fraction of sp³-hybridized carbons (Fsp3) is 0.191. The van der Waals surface area contributed by atoms with Crippen LogP contribution in [-0.2, 0) is 31.9 Å². The summed E-state index contributed by atoms with van der Waals surface area (Å²) < 4.78 is 8.89. The first-order valence-corrected chi connectivity index (χ1v) is 17.7. The Morgan fingerprint density at radius 2 is 1.35 bits per heavy atom. The van der Waals surface area contributed by atoms with E-state index in [0.29, 0.717) is 11.8 Å². The molecule has 0 N–H and O–H groups in total. The van der Waals surface area contributed by atoms with Crippen LogP contribution >= 0.6 is 0 Å². The summed E-state index contributed by atoms with van der Waals surface area (Å²) in [4.78, 5) is 10.3. The van der Waals surface area contributed by atoms with Crippen LogP contribution in [0.15, 0.2) is 109 Å². The van der Waals surface area contributed by atoms with Gasteiger partial charge in [-0.2, -0.15) is 0 Å². The molecule has 52 heavy (non-hydrogen) atoms. The third kappa shape index (κ3) is 5.65. The van der Waals surface area contributed by atoms with Crippen LogP contribution in [0.4, 0.5) is 0 Å². The first kappa shape index (κ1) is 34.1. The van der Waals surface area contributed by atoms with Crippen molar-refractivity contribution in [2.24, 2.45) is 0 Å². The van der Waals surface area contributed by atoms with Gasteiger partial charge >= 0.3 is 21.1 Å². The van der Waals surface area contributed by atoms with Crippen LogP contribution in [0.5, 0.6) is 11.8 Å². The van der Waals surface area contributed by atoms with E-state index >= 15 is 0 Å². The topological polar surface area (TPSA) is 39.4 Å². The number of aryl methyl sites for hydroxylation is 1. The van der Waals surface area contributed by atoms with Crippen LogP contribution in [0.2, 0.25) is 0 Å². The van der Waals surface area contributed by atoms with Crippen LogP contribution in [0, 0.1) is 19.2 Å². The average Bonchev–Trinajstić information content (AvgIpc) is 3.46. The summed E-state index contributed by atoms with van der Waals surface area (Å²) in [5, 5.41) is 8.14. The van der Waals surface area contributed by atoms with Gasteiger partial charge in [0.2, 0.25) is 11.8 Å². The number of hydrogen-bond donors (Lipinski definition) is 0. The SMILES string of the molecule is Cc1[c-]n2c3nc(Oc4cc(C(C)(C)C)cc(-c5[c-]ccc(-c6ccccc6)c5)n4)cc4c5ccc(C(C)(C)C)cc5cc(c5cccc1c52)c43.[Pt+2]. The standard InChI is InChI=1S/C47H39N3O.Pt/c1-28-27-50-44-35(28)17-12-18-37(44)38-23-32-22-33(46(2,3)4)19-20-36(32)39-26-42(49-45(50)43(38)39)51-41-25-34(47(5,6)7)24-40(48-41)31-16-11-15-30(21-31)29-13-9-8-10-14-29;/h8-15,17-26H,1-7H3;/q-2;+2. The van der Waals surface area contributed by atoms with Gasteiger partial charge in [-0.15, -0.1) is 52.4 Å². The molecule has 9 aromatic rings. The molecule has 0 bridgehead atoms.